The Morgan fingerprint density at radius 3 is 2.52 bits per heavy atom. The van der Waals surface area contributed by atoms with E-state index in [4.69, 9.17) is 18.9 Å². The van der Waals surface area contributed by atoms with Gasteiger partial charge in [-0.2, -0.15) is 0 Å². The second-order valence-corrected chi connectivity index (χ2v) is 6.38. The Bertz CT molecular complexity index is 443. The van der Waals surface area contributed by atoms with E-state index in [1.54, 1.807) is 40.7 Å². The zero-order chi connectivity index (χ0) is 16.1. The first-order chi connectivity index (χ1) is 9.59. The number of esters is 1. The fourth-order valence-corrected chi connectivity index (χ4v) is 2.82. The van der Waals surface area contributed by atoms with Gasteiger partial charge < -0.3 is 24.1 Å². The third kappa shape index (κ3) is 2.40. The standard InChI is InChI=1S/C15H24O6/c1-7-9-10-11(21-14(5,6)20-10)15(17,19-9)13(3,4)12(16)18-8-2/h7,9-11,17H,1,8H2,2-6H3/t9-,10+,11+,15-/m1/s1. The number of fused-ring (bicyclic) bond motifs is 1. The van der Waals surface area contributed by atoms with Crippen LogP contribution in [-0.2, 0) is 23.7 Å². The molecule has 0 spiro atoms. The van der Waals surface area contributed by atoms with E-state index in [0.29, 0.717) is 0 Å². The van der Waals surface area contributed by atoms with E-state index in [0.717, 1.165) is 0 Å². The van der Waals surface area contributed by atoms with Crippen molar-refractivity contribution >= 4 is 5.97 Å². The monoisotopic (exact) mass is 300 g/mol. The molecule has 0 bridgehead atoms. The van der Waals surface area contributed by atoms with Gasteiger partial charge in [0.15, 0.2) is 5.79 Å². The largest absolute Gasteiger partial charge is 0.465 e. The maximum Gasteiger partial charge on any atom is 0.317 e. The van der Waals surface area contributed by atoms with Crippen LogP contribution < -0.4 is 0 Å². The molecule has 6 nitrogen and oxygen atoms in total. The van der Waals surface area contributed by atoms with E-state index < -0.39 is 41.3 Å². The molecule has 0 aliphatic carbocycles. The molecule has 2 fully saturated rings. The molecule has 6 heteroatoms. The van der Waals surface area contributed by atoms with Crippen molar-refractivity contribution in [2.45, 2.75) is 64.5 Å². The van der Waals surface area contributed by atoms with Crippen molar-refractivity contribution in [2.75, 3.05) is 6.61 Å². The van der Waals surface area contributed by atoms with Gasteiger partial charge in [-0.3, -0.25) is 4.79 Å². The molecular formula is C15H24O6. The van der Waals surface area contributed by atoms with E-state index >= 15 is 0 Å². The Kier molecular flexibility index (Phi) is 3.95. The van der Waals surface area contributed by atoms with Crippen LogP contribution in [0.3, 0.4) is 0 Å². The highest BCUT2D eigenvalue weighted by Crippen LogP contribution is 2.50. The fraction of sp³-hybridized carbons (Fsp3) is 0.800. The van der Waals surface area contributed by atoms with E-state index in [1.807, 2.05) is 0 Å². The van der Waals surface area contributed by atoms with Gasteiger partial charge in [-0.1, -0.05) is 6.08 Å². The van der Waals surface area contributed by atoms with Gasteiger partial charge in [0.05, 0.1) is 6.61 Å². The van der Waals surface area contributed by atoms with Gasteiger partial charge in [0.2, 0.25) is 5.79 Å². The van der Waals surface area contributed by atoms with Gasteiger partial charge in [0.1, 0.15) is 23.7 Å². The first-order valence-electron chi connectivity index (χ1n) is 7.14. The van der Waals surface area contributed by atoms with Gasteiger partial charge in [0.25, 0.3) is 0 Å². The van der Waals surface area contributed by atoms with Crippen molar-refractivity contribution in [3.05, 3.63) is 12.7 Å². The molecular weight excluding hydrogens is 276 g/mol. The molecule has 0 aromatic heterocycles. The molecule has 2 heterocycles. The molecule has 1 N–H and O–H groups in total. The van der Waals surface area contributed by atoms with Gasteiger partial charge in [-0.15, -0.1) is 6.58 Å². The summed E-state index contributed by atoms with van der Waals surface area (Å²) in [5.74, 6) is -3.26. The summed E-state index contributed by atoms with van der Waals surface area (Å²) in [5, 5.41) is 11.0. The van der Waals surface area contributed by atoms with Crippen LogP contribution in [0.25, 0.3) is 0 Å². The second-order valence-electron chi connectivity index (χ2n) is 6.38. The minimum atomic E-state index is -1.85. The van der Waals surface area contributed by atoms with Crippen molar-refractivity contribution < 1.29 is 28.8 Å². The SMILES string of the molecule is C=C[C@H]1O[C@@](O)(C(C)(C)C(=O)OCC)[C@H]2OC(C)(C)O[C@@H]12. The average Bonchev–Trinajstić information content (AvgIpc) is 2.83. The summed E-state index contributed by atoms with van der Waals surface area (Å²) in [6, 6.07) is 0. The molecule has 0 aromatic rings. The highest BCUT2D eigenvalue weighted by Gasteiger charge is 2.69. The topological polar surface area (TPSA) is 74.2 Å². The Hall–Kier alpha value is -0.950. The van der Waals surface area contributed by atoms with Crippen LogP contribution in [-0.4, -0.2) is 47.6 Å². The van der Waals surface area contributed by atoms with E-state index in [1.165, 1.54) is 0 Å². The average molecular weight is 300 g/mol. The lowest BCUT2D eigenvalue weighted by Gasteiger charge is -2.40. The van der Waals surface area contributed by atoms with Crippen molar-refractivity contribution in [3.8, 4) is 0 Å². The predicted octanol–water partition coefficient (Wildman–Crippen LogP) is 1.37. The van der Waals surface area contributed by atoms with Crippen LogP contribution in [0.5, 0.6) is 0 Å². The molecule has 0 saturated carbocycles. The predicted molar refractivity (Wildman–Crippen MR) is 74.3 cm³/mol. The normalized spacial score (nSPS) is 38.1. The Morgan fingerprint density at radius 2 is 2.00 bits per heavy atom. The lowest BCUT2D eigenvalue weighted by Crippen LogP contribution is -2.58. The highest BCUT2D eigenvalue weighted by molar-refractivity contribution is 5.77. The Balaban J connectivity index is 2.37. The molecule has 0 radical (unpaired) electrons. The van der Waals surface area contributed by atoms with E-state index in [-0.39, 0.29) is 6.61 Å². The number of hydrogen-bond donors (Lipinski definition) is 1. The summed E-state index contributed by atoms with van der Waals surface area (Å²) in [6.07, 6.45) is -0.330. The number of carbonyl (C=O) groups excluding carboxylic acids is 1. The lowest BCUT2D eigenvalue weighted by atomic mass is 9.79. The van der Waals surface area contributed by atoms with Crippen LogP contribution in [0.4, 0.5) is 0 Å². The quantitative estimate of drug-likeness (QED) is 0.624. The molecule has 0 unspecified atom stereocenters. The van der Waals surface area contributed by atoms with Crippen LogP contribution in [0, 0.1) is 5.41 Å². The van der Waals surface area contributed by atoms with E-state index in [9.17, 15) is 9.90 Å². The maximum atomic E-state index is 12.2. The van der Waals surface area contributed by atoms with Gasteiger partial charge >= 0.3 is 5.97 Å². The maximum absolute atomic E-state index is 12.2. The molecule has 2 aliphatic heterocycles. The minimum Gasteiger partial charge on any atom is -0.465 e. The van der Waals surface area contributed by atoms with Crippen LogP contribution in [0.15, 0.2) is 12.7 Å². The smallest absolute Gasteiger partial charge is 0.317 e. The number of aliphatic hydroxyl groups is 1. The molecule has 4 atom stereocenters. The summed E-state index contributed by atoms with van der Waals surface area (Å²) >= 11 is 0. The molecule has 0 amide bonds. The number of ether oxygens (including phenoxy) is 4. The molecule has 2 aliphatic rings. The Labute approximate surface area is 125 Å². The number of carbonyl (C=O) groups is 1. The molecule has 2 saturated heterocycles. The number of rotatable bonds is 4. The molecule has 120 valence electrons. The van der Waals surface area contributed by atoms with Crippen molar-refractivity contribution in [1.82, 2.24) is 0 Å². The molecule has 21 heavy (non-hydrogen) atoms. The van der Waals surface area contributed by atoms with Crippen LogP contribution in [0.1, 0.15) is 34.6 Å². The van der Waals surface area contributed by atoms with Crippen LogP contribution in [0.2, 0.25) is 0 Å². The van der Waals surface area contributed by atoms with Crippen molar-refractivity contribution in [3.63, 3.8) is 0 Å². The summed E-state index contributed by atoms with van der Waals surface area (Å²) < 4.78 is 22.3. The Morgan fingerprint density at radius 1 is 1.38 bits per heavy atom. The lowest BCUT2D eigenvalue weighted by molar-refractivity contribution is -0.307. The molecule has 0 aromatic carbocycles. The van der Waals surface area contributed by atoms with Crippen molar-refractivity contribution in [2.24, 2.45) is 5.41 Å². The number of hydrogen-bond acceptors (Lipinski definition) is 6. The first kappa shape index (κ1) is 16.4. The van der Waals surface area contributed by atoms with E-state index in [2.05, 4.69) is 6.58 Å². The highest BCUT2D eigenvalue weighted by atomic mass is 16.8. The van der Waals surface area contributed by atoms with Crippen LogP contribution >= 0.6 is 0 Å². The summed E-state index contributed by atoms with van der Waals surface area (Å²) in [4.78, 5) is 12.2. The zero-order valence-corrected chi connectivity index (χ0v) is 13.2. The third-order valence-electron chi connectivity index (χ3n) is 4.07. The minimum absolute atomic E-state index is 0.222. The van der Waals surface area contributed by atoms with Gasteiger partial charge in [0, 0.05) is 0 Å². The first-order valence-corrected chi connectivity index (χ1v) is 7.14. The third-order valence-corrected chi connectivity index (χ3v) is 4.07. The van der Waals surface area contributed by atoms with Gasteiger partial charge in [-0.25, -0.2) is 0 Å². The van der Waals surface area contributed by atoms with Crippen molar-refractivity contribution in [1.29, 1.82) is 0 Å². The van der Waals surface area contributed by atoms with Gasteiger partial charge in [-0.05, 0) is 34.6 Å². The molecule has 2 rings (SSSR count). The summed E-state index contributed by atoms with van der Waals surface area (Å²) in [6.45, 7) is 12.3. The fourth-order valence-electron chi connectivity index (χ4n) is 2.82. The summed E-state index contributed by atoms with van der Waals surface area (Å²) in [5.41, 5.74) is -1.31. The summed E-state index contributed by atoms with van der Waals surface area (Å²) in [7, 11) is 0. The second kappa shape index (κ2) is 5.05. The zero-order valence-electron chi connectivity index (χ0n) is 13.2.